The monoisotopic (exact) mass is 821 g/mol. The molecule has 3 heterocycles. The van der Waals surface area contributed by atoms with Crippen LogP contribution < -0.4 is 20.9 Å². The number of alkyl carbamates (subject to hydrolysis) is 1. The molecule has 314 valence electrons. The van der Waals surface area contributed by atoms with E-state index in [0.717, 1.165) is 48.3 Å². The van der Waals surface area contributed by atoms with Gasteiger partial charge in [0.2, 0.25) is 5.56 Å². The Labute approximate surface area is 354 Å². The molecule has 8 rings (SSSR count). The van der Waals surface area contributed by atoms with Crippen molar-refractivity contribution in [3.63, 3.8) is 0 Å². The lowest BCUT2D eigenvalue weighted by Crippen LogP contribution is -2.37. The van der Waals surface area contributed by atoms with Crippen LogP contribution >= 0.6 is 0 Å². The maximum absolute atomic E-state index is 13.9. The van der Waals surface area contributed by atoms with E-state index in [2.05, 4.69) is 20.5 Å². The zero-order valence-electron chi connectivity index (χ0n) is 33.9. The van der Waals surface area contributed by atoms with Crippen molar-refractivity contribution in [1.29, 1.82) is 0 Å². The van der Waals surface area contributed by atoms with Gasteiger partial charge >= 0.3 is 6.09 Å². The van der Waals surface area contributed by atoms with Gasteiger partial charge in [-0.05, 0) is 90.1 Å². The summed E-state index contributed by atoms with van der Waals surface area (Å²) in [6.07, 6.45) is 0.314. The first-order valence-electron chi connectivity index (χ1n) is 20.9. The Morgan fingerprint density at radius 3 is 2.38 bits per heavy atom. The second-order valence-corrected chi connectivity index (χ2v) is 15.9. The Morgan fingerprint density at radius 1 is 0.852 bits per heavy atom. The van der Waals surface area contributed by atoms with E-state index >= 15 is 0 Å². The number of aliphatic hydroxyl groups excluding tert-OH is 1. The quantitative estimate of drug-likeness (QED) is 0.0633. The molecule has 2 aliphatic rings. The lowest BCUT2D eigenvalue weighted by atomic mass is 9.98. The Bertz CT molecular complexity index is 2480. The molecule has 2 fully saturated rings. The maximum Gasteiger partial charge on any atom is 0.408 e. The zero-order valence-corrected chi connectivity index (χ0v) is 33.9. The number of aromatic hydroxyl groups is 1. The normalized spacial score (nSPS) is 17.8. The number of aromatic nitrogens is 1. The van der Waals surface area contributed by atoms with Gasteiger partial charge in [0.25, 0.3) is 5.91 Å². The first-order valence-corrected chi connectivity index (χ1v) is 20.9. The minimum atomic E-state index is -0.878. The van der Waals surface area contributed by atoms with Crippen molar-refractivity contribution in [2.45, 2.75) is 44.2 Å². The molecule has 1 aromatic heterocycles. The molecular formula is C49H51N5O7. The summed E-state index contributed by atoms with van der Waals surface area (Å²) >= 11 is 0. The number of carbonyl (C=O) groups is 2. The third-order valence-electron chi connectivity index (χ3n) is 11.6. The van der Waals surface area contributed by atoms with Gasteiger partial charge in [0, 0.05) is 55.7 Å². The number of amides is 2. The van der Waals surface area contributed by atoms with Gasteiger partial charge in [0.05, 0.1) is 17.7 Å². The number of phenolic OH excluding ortho intramolecular Hbond substituents is 1. The third-order valence-corrected chi connectivity index (χ3v) is 11.6. The number of ether oxygens (including phenoxy) is 2. The molecule has 2 aliphatic heterocycles. The van der Waals surface area contributed by atoms with Crippen molar-refractivity contribution in [2.24, 2.45) is 5.92 Å². The highest BCUT2D eigenvalue weighted by Gasteiger charge is 2.40. The fraction of sp³-hybridized carbons (Fsp3) is 0.286. The third kappa shape index (κ3) is 10.3. The maximum atomic E-state index is 13.9. The molecule has 5 atom stereocenters. The highest BCUT2D eigenvalue weighted by atomic mass is 16.6. The van der Waals surface area contributed by atoms with Crippen LogP contribution in [-0.2, 0) is 17.9 Å². The van der Waals surface area contributed by atoms with Crippen LogP contribution in [0.1, 0.15) is 63.2 Å². The van der Waals surface area contributed by atoms with Crippen LogP contribution in [0.25, 0.3) is 10.9 Å². The van der Waals surface area contributed by atoms with Crippen LogP contribution in [0.3, 0.4) is 0 Å². The topological polar surface area (TPSA) is 156 Å². The lowest BCUT2D eigenvalue weighted by Gasteiger charge is -2.25. The van der Waals surface area contributed by atoms with Crippen molar-refractivity contribution in [2.75, 3.05) is 39.3 Å². The molecule has 2 saturated heterocycles. The number of nitrogens with zero attached hydrogens (tertiary/aromatic N) is 2. The van der Waals surface area contributed by atoms with E-state index in [9.17, 15) is 24.6 Å². The van der Waals surface area contributed by atoms with Gasteiger partial charge in [-0.3, -0.25) is 14.5 Å². The standard InChI is InChI=1S/C49H51N5O7/c55-42-21-19-40(41-20-22-45(57)51-47(41)42)43(56)28-50-24-8-25-54(29-33-9-3-1-4-10-33)48(58)36-17-15-34(16-18-36)32-60-39-14-7-13-37(27-39)46(35-11-5-2-6-12-35)52-49(59)61-44-31-53-26-23-38(44)30-53/h1-7,9-22,27,38,43-44,46,50,55-56H,8,23-26,28-32H2,(H,51,57)(H,52,59)/t38?,43-,44-,46-/m0/s1. The number of fused-ring (bicyclic) bond motifs is 3. The summed E-state index contributed by atoms with van der Waals surface area (Å²) in [5.74, 6) is 0.898. The Kier molecular flexibility index (Phi) is 13.0. The number of nitrogens with one attached hydrogen (secondary N) is 3. The van der Waals surface area contributed by atoms with Crippen molar-refractivity contribution < 1.29 is 29.3 Å². The van der Waals surface area contributed by atoms with E-state index < -0.39 is 18.2 Å². The molecular weight excluding hydrogens is 771 g/mol. The van der Waals surface area contributed by atoms with E-state index in [0.29, 0.717) is 54.2 Å². The molecule has 12 nitrogen and oxygen atoms in total. The van der Waals surface area contributed by atoms with Crippen molar-refractivity contribution in [3.05, 3.63) is 177 Å². The van der Waals surface area contributed by atoms with E-state index in [-0.39, 0.29) is 42.0 Å². The van der Waals surface area contributed by atoms with Crippen LogP contribution in [0.15, 0.2) is 138 Å². The lowest BCUT2D eigenvalue weighted by molar-refractivity contribution is 0.0672. The number of hydrogen-bond acceptors (Lipinski definition) is 9. The zero-order chi connectivity index (χ0) is 42.1. The van der Waals surface area contributed by atoms with Gasteiger partial charge in [-0.25, -0.2) is 4.79 Å². The minimum Gasteiger partial charge on any atom is -0.506 e. The largest absolute Gasteiger partial charge is 0.506 e. The van der Waals surface area contributed by atoms with Crippen LogP contribution in [-0.4, -0.2) is 82.4 Å². The van der Waals surface area contributed by atoms with Crippen LogP contribution in [0.2, 0.25) is 0 Å². The molecule has 0 saturated carbocycles. The van der Waals surface area contributed by atoms with E-state index in [1.165, 1.54) is 12.1 Å². The number of phenols is 1. The van der Waals surface area contributed by atoms with Crippen LogP contribution in [0.4, 0.5) is 4.79 Å². The second kappa shape index (κ2) is 19.3. The Balaban J connectivity index is 0.869. The molecule has 12 heteroatoms. The van der Waals surface area contributed by atoms with E-state index in [4.69, 9.17) is 9.47 Å². The Morgan fingerprint density at radius 2 is 1.62 bits per heavy atom. The van der Waals surface area contributed by atoms with Gasteiger partial charge in [-0.2, -0.15) is 0 Å². The molecule has 2 unspecified atom stereocenters. The number of benzene rings is 5. The van der Waals surface area contributed by atoms with E-state index in [1.54, 1.807) is 12.1 Å². The van der Waals surface area contributed by atoms with Crippen LogP contribution in [0, 0.1) is 5.92 Å². The summed E-state index contributed by atoms with van der Waals surface area (Å²) in [5, 5.41) is 28.2. The first-order chi connectivity index (χ1) is 29.8. The molecule has 5 N–H and O–H groups in total. The number of aliphatic hydroxyl groups is 1. The number of carbonyl (C=O) groups excluding carboxylic acids is 2. The Hall–Kier alpha value is -6.47. The molecule has 6 aromatic rings. The highest BCUT2D eigenvalue weighted by Crippen LogP contribution is 2.32. The number of H-pyrrole nitrogens is 1. The van der Waals surface area contributed by atoms with Gasteiger partial charge in [0.1, 0.15) is 24.2 Å². The molecule has 0 spiro atoms. The summed E-state index contributed by atoms with van der Waals surface area (Å²) in [7, 11) is 0. The van der Waals surface area contributed by atoms with Crippen molar-refractivity contribution in [1.82, 2.24) is 25.4 Å². The number of hydrogen-bond donors (Lipinski definition) is 5. The number of aromatic amines is 1. The van der Waals surface area contributed by atoms with E-state index in [1.807, 2.05) is 114 Å². The fourth-order valence-corrected chi connectivity index (χ4v) is 8.39. The van der Waals surface area contributed by atoms with Gasteiger partial charge in [0.15, 0.2) is 0 Å². The summed E-state index contributed by atoms with van der Waals surface area (Å²) < 4.78 is 12.2. The predicted molar refractivity (Wildman–Crippen MR) is 233 cm³/mol. The summed E-state index contributed by atoms with van der Waals surface area (Å²) in [5.41, 5.74) is 4.82. The number of rotatable bonds is 17. The summed E-state index contributed by atoms with van der Waals surface area (Å²) in [6.45, 7) is 4.86. The van der Waals surface area contributed by atoms with Crippen molar-refractivity contribution >= 4 is 22.9 Å². The first kappa shape index (κ1) is 41.3. The average molecular weight is 822 g/mol. The van der Waals surface area contributed by atoms with Crippen LogP contribution in [0.5, 0.6) is 11.5 Å². The number of piperidine rings is 1. The molecule has 2 amide bonds. The molecule has 0 aliphatic carbocycles. The average Bonchev–Trinajstić information content (AvgIpc) is 3.92. The fourth-order valence-electron chi connectivity index (χ4n) is 8.39. The molecule has 5 aromatic carbocycles. The predicted octanol–water partition coefficient (Wildman–Crippen LogP) is 6.69. The second-order valence-electron chi connectivity index (χ2n) is 15.9. The minimum absolute atomic E-state index is 0.0593. The summed E-state index contributed by atoms with van der Waals surface area (Å²) in [6, 6.07) is 40.5. The highest BCUT2D eigenvalue weighted by molar-refractivity contribution is 5.94. The molecule has 2 bridgehead atoms. The summed E-state index contributed by atoms with van der Waals surface area (Å²) in [4.78, 5) is 45.8. The SMILES string of the molecule is O=C(N[C@@H](c1ccccc1)c1cccc(OCc2ccc(C(=O)N(CCCNC[C@H](O)c3ccc(O)c4[nH]c(=O)ccc34)Cc3ccccc3)cc2)c1)O[C@H]1CN2CCC1C2. The molecule has 0 radical (unpaired) electrons. The smallest absolute Gasteiger partial charge is 0.408 e. The molecule has 61 heavy (non-hydrogen) atoms. The number of pyridine rings is 1. The van der Waals surface area contributed by atoms with Gasteiger partial charge in [-0.1, -0.05) is 91.0 Å². The van der Waals surface area contributed by atoms with Gasteiger partial charge < -0.3 is 40.2 Å². The van der Waals surface area contributed by atoms with Gasteiger partial charge in [-0.15, -0.1) is 0 Å². The van der Waals surface area contributed by atoms with Crippen molar-refractivity contribution in [3.8, 4) is 11.5 Å².